The third-order valence-electron chi connectivity index (χ3n) is 10.9. The summed E-state index contributed by atoms with van der Waals surface area (Å²) in [5, 5.41) is 4.50. The van der Waals surface area contributed by atoms with Crippen molar-refractivity contribution in [2.45, 2.75) is 9.79 Å². The van der Waals surface area contributed by atoms with E-state index < -0.39 is 9.73 Å². The molecule has 55 heavy (non-hydrogen) atoms. The molecule has 0 radical (unpaired) electrons. The van der Waals surface area contributed by atoms with Crippen LogP contribution in [0, 0.1) is 0 Å². The first-order chi connectivity index (χ1) is 27.1. The molecule has 0 aliphatic carbocycles. The first kappa shape index (κ1) is 31.6. The van der Waals surface area contributed by atoms with Crippen LogP contribution in [0.1, 0.15) is 11.1 Å². The van der Waals surface area contributed by atoms with Gasteiger partial charge in [0.1, 0.15) is 20.9 Å². The van der Waals surface area contributed by atoms with Crippen LogP contribution in [0.15, 0.2) is 213 Å². The van der Waals surface area contributed by atoms with Crippen molar-refractivity contribution in [3.05, 3.63) is 205 Å². The summed E-state index contributed by atoms with van der Waals surface area (Å²) in [7, 11) is -2.83. The van der Waals surface area contributed by atoms with Crippen molar-refractivity contribution in [2.24, 2.45) is 4.36 Å². The van der Waals surface area contributed by atoms with Gasteiger partial charge in [0.15, 0.2) is 0 Å². The van der Waals surface area contributed by atoms with E-state index in [0.717, 1.165) is 65.9 Å². The molecule has 3 heterocycles. The van der Waals surface area contributed by atoms with Crippen LogP contribution in [0.3, 0.4) is 0 Å². The van der Waals surface area contributed by atoms with Crippen molar-refractivity contribution in [3.63, 3.8) is 0 Å². The maximum Gasteiger partial charge on any atom is 0.136 e. The van der Waals surface area contributed by atoms with Gasteiger partial charge in [0.25, 0.3) is 0 Å². The van der Waals surface area contributed by atoms with Crippen molar-refractivity contribution >= 4 is 59.0 Å². The third kappa shape index (κ3) is 4.94. The number of fused-ring (bicyclic) bond motifs is 7. The smallest absolute Gasteiger partial charge is 0.136 e. The van der Waals surface area contributed by atoms with Gasteiger partial charge >= 0.3 is 0 Å². The summed E-state index contributed by atoms with van der Waals surface area (Å²) in [6.07, 6.45) is 1.80. The molecule has 0 bridgehead atoms. The number of aromatic nitrogens is 1. The number of nitrogens with zero attached hydrogens (tertiary/aromatic N) is 2. The van der Waals surface area contributed by atoms with E-state index in [1.165, 1.54) is 27.4 Å². The Morgan fingerprint density at radius 1 is 0.473 bits per heavy atom. The molecule has 0 fully saturated rings. The fraction of sp³-hybridized carbons (Fsp3) is 0. The lowest BCUT2D eigenvalue weighted by Gasteiger charge is -2.21. The van der Waals surface area contributed by atoms with E-state index >= 15 is 0 Å². The molecule has 11 rings (SSSR count). The second-order valence-electron chi connectivity index (χ2n) is 14.0. The van der Waals surface area contributed by atoms with Crippen LogP contribution in [0.2, 0.25) is 0 Å². The molecule has 1 aliphatic rings. The van der Waals surface area contributed by atoms with Gasteiger partial charge in [0.05, 0.1) is 20.8 Å². The molecule has 0 spiro atoms. The van der Waals surface area contributed by atoms with Crippen LogP contribution in [-0.2, 0) is 9.73 Å². The molecule has 0 amide bonds. The van der Waals surface area contributed by atoms with E-state index in [0.29, 0.717) is 4.90 Å². The Bertz CT molecular complexity index is 3310. The Balaban J connectivity index is 1.03. The minimum absolute atomic E-state index is 0.704. The van der Waals surface area contributed by atoms with Crippen molar-refractivity contribution in [3.8, 4) is 27.9 Å². The SMILES string of the molecule is O=S1(c2ccccc2)=NC=C(c2cccc3oc4ccc(-c5cccc(-c6ccc7c(c6)c6ccccc6n7-c6ccccc6)c5)cc4c23)c2ccccc21. The molecule has 8 aromatic carbocycles. The Morgan fingerprint density at radius 3 is 1.95 bits per heavy atom. The lowest BCUT2D eigenvalue weighted by molar-refractivity contribution is 0.669. The van der Waals surface area contributed by atoms with E-state index in [4.69, 9.17) is 8.78 Å². The molecule has 1 aliphatic heterocycles. The predicted octanol–water partition coefficient (Wildman–Crippen LogP) is 13.3. The Hall–Kier alpha value is -6.95. The molecule has 2 aromatic heterocycles. The van der Waals surface area contributed by atoms with Gasteiger partial charge in [-0.05, 0) is 101 Å². The second kappa shape index (κ2) is 12.3. The van der Waals surface area contributed by atoms with Crippen molar-refractivity contribution in [1.29, 1.82) is 0 Å². The second-order valence-corrected chi connectivity index (χ2v) is 16.1. The average molecular weight is 725 g/mol. The van der Waals surface area contributed by atoms with E-state index in [2.05, 4.69) is 126 Å². The number of hydrogen-bond donors (Lipinski definition) is 0. The van der Waals surface area contributed by atoms with E-state index in [-0.39, 0.29) is 0 Å². The lowest BCUT2D eigenvalue weighted by atomic mass is 9.93. The minimum Gasteiger partial charge on any atom is -0.456 e. The van der Waals surface area contributed by atoms with Crippen LogP contribution in [-0.4, -0.2) is 8.78 Å². The van der Waals surface area contributed by atoms with Gasteiger partial charge in [-0.15, -0.1) is 0 Å². The van der Waals surface area contributed by atoms with Crippen molar-refractivity contribution in [2.75, 3.05) is 0 Å². The van der Waals surface area contributed by atoms with Gasteiger partial charge < -0.3 is 8.98 Å². The molecular formula is C50H32N2O2S. The number of para-hydroxylation sites is 2. The predicted molar refractivity (Wildman–Crippen MR) is 226 cm³/mol. The van der Waals surface area contributed by atoms with Gasteiger partial charge in [-0.3, -0.25) is 0 Å². The minimum atomic E-state index is -2.83. The Morgan fingerprint density at radius 2 is 1.11 bits per heavy atom. The van der Waals surface area contributed by atoms with Crippen LogP contribution in [0.4, 0.5) is 0 Å². The molecule has 0 saturated heterocycles. The highest BCUT2D eigenvalue weighted by Crippen LogP contribution is 2.43. The summed E-state index contributed by atoms with van der Waals surface area (Å²) in [4.78, 5) is 1.43. The molecule has 1 unspecified atom stereocenters. The van der Waals surface area contributed by atoms with Gasteiger partial charge in [0, 0.05) is 44.6 Å². The summed E-state index contributed by atoms with van der Waals surface area (Å²) >= 11 is 0. The highest BCUT2D eigenvalue weighted by atomic mass is 32.2. The zero-order valence-electron chi connectivity index (χ0n) is 29.6. The Labute approximate surface area is 318 Å². The fourth-order valence-corrected chi connectivity index (χ4v) is 10.3. The highest BCUT2D eigenvalue weighted by Gasteiger charge is 2.26. The monoisotopic (exact) mass is 724 g/mol. The summed E-state index contributed by atoms with van der Waals surface area (Å²) < 4.78 is 28.1. The quantitative estimate of drug-likeness (QED) is 0.177. The molecule has 0 N–H and O–H groups in total. The summed E-state index contributed by atoms with van der Waals surface area (Å²) in [5.41, 5.74) is 12.5. The number of hydrogen-bond acceptors (Lipinski definition) is 3. The standard InChI is InChI=1S/C50H32N2O2S/c53-55(38-17-5-2-6-18-38)49-24-10-8-20-40(49)44(32-51-55)41-21-12-23-48-50(41)43-31-36(26-28-47(43)54-48)34-14-11-13-33(29-34)35-25-27-46-42(30-35)39-19-7-9-22-45(39)52(46)37-15-3-1-4-16-37/h1-32H. The van der Waals surface area contributed by atoms with Crippen molar-refractivity contribution < 1.29 is 8.63 Å². The molecule has 4 nitrogen and oxygen atoms in total. The normalized spacial score (nSPS) is 15.3. The zero-order chi connectivity index (χ0) is 36.5. The van der Waals surface area contributed by atoms with E-state index in [1.807, 2.05) is 66.7 Å². The number of rotatable bonds is 5. The van der Waals surface area contributed by atoms with Crippen LogP contribution in [0.5, 0.6) is 0 Å². The fourth-order valence-electron chi connectivity index (χ4n) is 8.31. The summed E-state index contributed by atoms with van der Waals surface area (Å²) in [6, 6.07) is 64.9. The molecule has 260 valence electrons. The third-order valence-corrected chi connectivity index (χ3v) is 13.1. The maximum absolute atomic E-state index is 14.5. The molecule has 0 saturated carbocycles. The van der Waals surface area contributed by atoms with Crippen LogP contribution >= 0.6 is 0 Å². The van der Waals surface area contributed by atoms with E-state index in [9.17, 15) is 4.21 Å². The molecule has 10 aromatic rings. The van der Waals surface area contributed by atoms with Gasteiger partial charge in [-0.2, -0.15) is 4.36 Å². The van der Waals surface area contributed by atoms with E-state index in [1.54, 1.807) is 6.20 Å². The van der Waals surface area contributed by atoms with Crippen molar-refractivity contribution in [1.82, 2.24) is 4.57 Å². The molecule has 5 heteroatoms. The first-order valence-corrected chi connectivity index (χ1v) is 19.9. The highest BCUT2D eigenvalue weighted by molar-refractivity contribution is 7.94. The van der Waals surface area contributed by atoms with Gasteiger partial charge in [-0.1, -0.05) is 115 Å². The number of benzene rings is 8. The first-order valence-electron chi connectivity index (χ1n) is 18.4. The number of furan rings is 1. The maximum atomic E-state index is 14.5. The topological polar surface area (TPSA) is 47.5 Å². The van der Waals surface area contributed by atoms with Crippen LogP contribution in [0.25, 0.3) is 77.3 Å². The molecular weight excluding hydrogens is 693 g/mol. The zero-order valence-corrected chi connectivity index (χ0v) is 30.4. The average Bonchev–Trinajstić information content (AvgIpc) is 3.80. The molecule has 1 atom stereocenters. The van der Waals surface area contributed by atoms with Gasteiger partial charge in [0.2, 0.25) is 0 Å². The van der Waals surface area contributed by atoms with Gasteiger partial charge in [-0.25, -0.2) is 4.21 Å². The largest absolute Gasteiger partial charge is 0.456 e. The van der Waals surface area contributed by atoms with Crippen LogP contribution < -0.4 is 0 Å². The Kier molecular flexibility index (Phi) is 7.06. The lowest BCUT2D eigenvalue weighted by Crippen LogP contribution is -2.09. The summed E-state index contributed by atoms with van der Waals surface area (Å²) in [5.74, 6) is 0. The summed E-state index contributed by atoms with van der Waals surface area (Å²) in [6.45, 7) is 0.